The fraction of sp³-hybridized carbons (Fsp3) is 0.773. The Morgan fingerprint density at radius 1 is 0.800 bits per heavy atom. The smallest absolute Gasteiger partial charge is 0.223 e. The Bertz CT molecular complexity index is 584. The number of carbonyl (C=O) groups is 3. The molecule has 1 aliphatic heterocycles. The summed E-state index contributed by atoms with van der Waals surface area (Å²) in [6.45, 7) is 12.1. The molecule has 1 heterocycles. The highest BCUT2D eigenvalue weighted by Crippen LogP contribution is 2.03. The average molecular weight is 423 g/mol. The van der Waals surface area contributed by atoms with Crippen molar-refractivity contribution in [2.24, 2.45) is 0 Å². The van der Waals surface area contributed by atoms with E-state index in [-0.39, 0.29) is 24.3 Å². The van der Waals surface area contributed by atoms with E-state index in [4.69, 9.17) is 11.2 Å². The zero-order valence-electron chi connectivity index (χ0n) is 18.9. The highest BCUT2D eigenvalue weighted by molar-refractivity contribution is 5.78. The summed E-state index contributed by atoms with van der Waals surface area (Å²) >= 11 is 0. The second-order valence-corrected chi connectivity index (χ2v) is 7.30. The first-order valence-electron chi connectivity index (χ1n) is 11.0. The van der Waals surface area contributed by atoms with E-state index in [0.29, 0.717) is 52.0 Å². The SMILES string of the molecule is C#CCN(CCN(CCN(CCN1CCOCC1)C(=O)CC)C(=O)CC)C(=O)CC. The lowest BCUT2D eigenvalue weighted by atomic mass is 10.3. The highest BCUT2D eigenvalue weighted by atomic mass is 16.5. The molecule has 8 heteroatoms. The number of nitrogens with zero attached hydrogens (tertiary/aromatic N) is 4. The number of amides is 3. The summed E-state index contributed by atoms with van der Waals surface area (Å²) in [4.78, 5) is 44.4. The van der Waals surface area contributed by atoms with Crippen LogP contribution in [0.2, 0.25) is 0 Å². The zero-order chi connectivity index (χ0) is 22.4. The van der Waals surface area contributed by atoms with Crippen molar-refractivity contribution in [2.45, 2.75) is 40.0 Å². The van der Waals surface area contributed by atoms with E-state index in [9.17, 15) is 14.4 Å². The van der Waals surface area contributed by atoms with Gasteiger partial charge in [-0.2, -0.15) is 0 Å². The highest BCUT2D eigenvalue weighted by Gasteiger charge is 2.20. The molecule has 0 N–H and O–H groups in total. The fourth-order valence-corrected chi connectivity index (χ4v) is 3.37. The maximum atomic E-state index is 12.4. The number of carbonyl (C=O) groups excluding carboxylic acids is 3. The quantitative estimate of drug-likeness (QED) is 0.408. The van der Waals surface area contributed by atoms with E-state index < -0.39 is 0 Å². The van der Waals surface area contributed by atoms with Gasteiger partial charge in [-0.25, -0.2) is 0 Å². The van der Waals surface area contributed by atoms with Crippen molar-refractivity contribution >= 4 is 17.7 Å². The van der Waals surface area contributed by atoms with E-state index in [1.54, 1.807) is 16.7 Å². The van der Waals surface area contributed by atoms with Crippen LogP contribution in [0.5, 0.6) is 0 Å². The lowest BCUT2D eigenvalue weighted by Crippen LogP contribution is -2.47. The van der Waals surface area contributed by atoms with Crippen LogP contribution in [0.25, 0.3) is 0 Å². The summed E-state index contributed by atoms with van der Waals surface area (Å²) in [5.74, 6) is 2.58. The zero-order valence-corrected chi connectivity index (χ0v) is 18.9. The summed E-state index contributed by atoms with van der Waals surface area (Å²) in [5.41, 5.74) is 0. The molecule has 0 aromatic heterocycles. The van der Waals surface area contributed by atoms with Gasteiger partial charge in [-0.05, 0) is 0 Å². The summed E-state index contributed by atoms with van der Waals surface area (Å²) in [7, 11) is 0. The molecule has 0 spiro atoms. The Hall–Kier alpha value is -2.11. The van der Waals surface area contributed by atoms with Crippen LogP contribution in [0.15, 0.2) is 0 Å². The molecule has 30 heavy (non-hydrogen) atoms. The molecule has 1 saturated heterocycles. The molecule has 3 amide bonds. The first-order chi connectivity index (χ1) is 14.5. The first kappa shape index (κ1) is 25.9. The number of terminal acetylenes is 1. The Kier molecular flexibility index (Phi) is 12.8. The summed E-state index contributed by atoms with van der Waals surface area (Å²) < 4.78 is 5.37. The average Bonchev–Trinajstić information content (AvgIpc) is 2.79. The molecule has 1 aliphatic rings. The van der Waals surface area contributed by atoms with Crippen molar-refractivity contribution in [1.82, 2.24) is 19.6 Å². The van der Waals surface area contributed by atoms with Gasteiger partial charge < -0.3 is 19.4 Å². The van der Waals surface area contributed by atoms with Crippen LogP contribution in [0, 0.1) is 12.3 Å². The van der Waals surface area contributed by atoms with Gasteiger partial charge in [-0.15, -0.1) is 6.42 Å². The number of hydrogen-bond acceptors (Lipinski definition) is 5. The van der Waals surface area contributed by atoms with Crippen LogP contribution in [0.3, 0.4) is 0 Å². The van der Waals surface area contributed by atoms with Crippen molar-refractivity contribution in [3.8, 4) is 12.3 Å². The molecule has 0 aromatic carbocycles. The van der Waals surface area contributed by atoms with Gasteiger partial charge >= 0.3 is 0 Å². The molecule has 1 rings (SSSR count). The van der Waals surface area contributed by atoms with Crippen molar-refractivity contribution in [2.75, 3.05) is 72.1 Å². The van der Waals surface area contributed by atoms with Crippen molar-refractivity contribution < 1.29 is 19.1 Å². The molecule has 0 aliphatic carbocycles. The van der Waals surface area contributed by atoms with E-state index >= 15 is 0 Å². The lowest BCUT2D eigenvalue weighted by Gasteiger charge is -2.32. The maximum Gasteiger partial charge on any atom is 0.223 e. The summed E-state index contributed by atoms with van der Waals surface area (Å²) in [6, 6.07) is 0. The molecule has 0 bridgehead atoms. The van der Waals surface area contributed by atoms with E-state index in [1.807, 2.05) is 18.7 Å². The van der Waals surface area contributed by atoms with E-state index in [2.05, 4.69) is 10.8 Å². The second kappa shape index (κ2) is 14.8. The van der Waals surface area contributed by atoms with Gasteiger partial charge in [-0.3, -0.25) is 19.3 Å². The summed E-state index contributed by atoms with van der Waals surface area (Å²) in [5, 5.41) is 0. The molecular weight excluding hydrogens is 384 g/mol. The van der Waals surface area contributed by atoms with Crippen LogP contribution >= 0.6 is 0 Å². The maximum absolute atomic E-state index is 12.4. The van der Waals surface area contributed by atoms with Crippen molar-refractivity contribution in [3.63, 3.8) is 0 Å². The van der Waals surface area contributed by atoms with Gasteiger partial charge in [0, 0.05) is 71.6 Å². The Morgan fingerprint density at radius 3 is 1.70 bits per heavy atom. The number of hydrogen-bond donors (Lipinski definition) is 0. The van der Waals surface area contributed by atoms with E-state index in [1.165, 1.54) is 0 Å². The van der Waals surface area contributed by atoms with Crippen LogP contribution < -0.4 is 0 Å². The number of rotatable bonds is 13. The largest absolute Gasteiger partial charge is 0.379 e. The van der Waals surface area contributed by atoms with Crippen LogP contribution in [0.1, 0.15) is 40.0 Å². The minimum absolute atomic E-state index is 0.0108. The fourth-order valence-electron chi connectivity index (χ4n) is 3.37. The second-order valence-electron chi connectivity index (χ2n) is 7.30. The lowest BCUT2D eigenvalue weighted by molar-refractivity contribution is -0.136. The van der Waals surface area contributed by atoms with Crippen molar-refractivity contribution in [3.05, 3.63) is 0 Å². The predicted octanol–water partition coefficient (Wildman–Crippen LogP) is 0.668. The van der Waals surface area contributed by atoms with Crippen LogP contribution in [-0.2, 0) is 19.1 Å². The normalized spacial score (nSPS) is 14.1. The third-order valence-corrected chi connectivity index (χ3v) is 5.32. The molecule has 0 saturated carbocycles. The molecule has 170 valence electrons. The van der Waals surface area contributed by atoms with Gasteiger partial charge in [-0.1, -0.05) is 26.7 Å². The molecule has 1 fully saturated rings. The topological polar surface area (TPSA) is 73.4 Å². The van der Waals surface area contributed by atoms with Gasteiger partial charge in [0.15, 0.2) is 0 Å². The van der Waals surface area contributed by atoms with Crippen molar-refractivity contribution in [1.29, 1.82) is 0 Å². The Labute approximate surface area is 181 Å². The number of ether oxygens (including phenoxy) is 1. The first-order valence-corrected chi connectivity index (χ1v) is 11.0. The third kappa shape index (κ3) is 9.14. The van der Waals surface area contributed by atoms with Crippen LogP contribution in [0.4, 0.5) is 0 Å². The predicted molar refractivity (Wildman–Crippen MR) is 117 cm³/mol. The van der Waals surface area contributed by atoms with Gasteiger partial charge in [0.1, 0.15) is 0 Å². The van der Waals surface area contributed by atoms with Gasteiger partial charge in [0.25, 0.3) is 0 Å². The molecule has 0 atom stereocenters. The molecule has 8 nitrogen and oxygen atoms in total. The standard InChI is InChI=1S/C22H38N4O4/c1-5-9-24(20(27)6-2)12-13-26(22(29)8-4)15-14-25(21(28)7-3)11-10-23-16-18-30-19-17-23/h1H,6-19H2,2-4H3. The molecule has 0 radical (unpaired) electrons. The molecular formula is C22H38N4O4. The minimum Gasteiger partial charge on any atom is -0.379 e. The summed E-state index contributed by atoms with van der Waals surface area (Å²) in [6.07, 6.45) is 6.57. The number of morpholine rings is 1. The Morgan fingerprint density at radius 2 is 1.23 bits per heavy atom. The third-order valence-electron chi connectivity index (χ3n) is 5.32. The van der Waals surface area contributed by atoms with E-state index in [0.717, 1.165) is 32.8 Å². The van der Waals surface area contributed by atoms with Crippen LogP contribution in [-0.4, -0.2) is 109 Å². The monoisotopic (exact) mass is 422 g/mol. The molecule has 0 aromatic rings. The van der Waals surface area contributed by atoms with Gasteiger partial charge in [0.05, 0.1) is 19.8 Å². The molecule has 0 unspecified atom stereocenters. The van der Waals surface area contributed by atoms with Gasteiger partial charge in [0.2, 0.25) is 17.7 Å². The Balaban J connectivity index is 2.66. The minimum atomic E-state index is -0.0230.